The van der Waals surface area contributed by atoms with Crippen molar-refractivity contribution in [2.75, 3.05) is 5.73 Å². The molecule has 3 N–H and O–H groups in total. The molecule has 0 aromatic heterocycles. The summed E-state index contributed by atoms with van der Waals surface area (Å²) in [5.41, 5.74) is 9.85. The Morgan fingerprint density at radius 2 is 1.76 bits per heavy atom. The molecular weight excluding hydrogens is 210 g/mol. The van der Waals surface area contributed by atoms with Gasteiger partial charge in [-0.15, -0.1) is 0 Å². The number of hydrogen-bond acceptors (Lipinski definition) is 2. The molecule has 1 atom stereocenters. The number of anilines is 1. The maximum atomic E-state index is 9.52. The minimum absolute atomic E-state index is 0.276. The molecule has 0 bridgehead atoms. The Labute approximate surface area is 102 Å². The van der Waals surface area contributed by atoms with Gasteiger partial charge in [-0.05, 0) is 41.8 Å². The van der Waals surface area contributed by atoms with Gasteiger partial charge in [-0.2, -0.15) is 0 Å². The first-order valence-corrected chi connectivity index (χ1v) is 5.73. The molecule has 0 amide bonds. The van der Waals surface area contributed by atoms with Gasteiger partial charge in [0.25, 0.3) is 0 Å². The lowest BCUT2D eigenvalue weighted by Gasteiger charge is -2.14. The van der Waals surface area contributed by atoms with Crippen molar-refractivity contribution >= 4 is 5.69 Å². The van der Waals surface area contributed by atoms with Crippen molar-refractivity contribution in [1.29, 1.82) is 0 Å². The van der Waals surface area contributed by atoms with E-state index in [0.717, 1.165) is 11.3 Å². The van der Waals surface area contributed by atoms with Gasteiger partial charge in [0.05, 0.1) is 0 Å². The maximum absolute atomic E-state index is 9.52. The van der Waals surface area contributed by atoms with Crippen LogP contribution in [0.25, 0.3) is 0 Å². The predicted molar refractivity (Wildman–Crippen MR) is 71.2 cm³/mol. The molecule has 0 heterocycles. The van der Waals surface area contributed by atoms with Crippen LogP contribution in [0.15, 0.2) is 42.5 Å². The summed E-state index contributed by atoms with van der Waals surface area (Å²) in [6, 6.07) is 13.6. The number of rotatable bonds is 2. The number of hydrogen-bond donors (Lipinski definition) is 2. The highest BCUT2D eigenvalue weighted by Crippen LogP contribution is 2.28. The highest BCUT2D eigenvalue weighted by Gasteiger charge is 2.09. The molecule has 88 valence electrons. The summed E-state index contributed by atoms with van der Waals surface area (Å²) in [7, 11) is 0. The fourth-order valence-corrected chi connectivity index (χ4v) is 1.97. The van der Waals surface area contributed by atoms with E-state index in [1.807, 2.05) is 37.3 Å². The number of phenols is 1. The highest BCUT2D eigenvalue weighted by atomic mass is 16.3. The molecule has 2 aromatic carbocycles. The molecule has 0 fully saturated rings. The van der Waals surface area contributed by atoms with E-state index in [1.54, 1.807) is 6.07 Å². The van der Waals surface area contributed by atoms with Crippen LogP contribution in [-0.2, 0) is 0 Å². The van der Waals surface area contributed by atoms with Gasteiger partial charge in [0.1, 0.15) is 5.75 Å². The largest absolute Gasteiger partial charge is 0.508 e. The van der Waals surface area contributed by atoms with Crippen LogP contribution in [0.1, 0.15) is 29.5 Å². The zero-order chi connectivity index (χ0) is 12.4. The third kappa shape index (κ3) is 2.41. The summed E-state index contributed by atoms with van der Waals surface area (Å²) >= 11 is 0. The van der Waals surface area contributed by atoms with E-state index in [2.05, 4.69) is 13.0 Å². The molecule has 1 unspecified atom stereocenters. The fraction of sp³-hybridized carbons (Fsp3) is 0.200. The van der Waals surface area contributed by atoms with Crippen LogP contribution in [0, 0.1) is 6.92 Å². The third-order valence-electron chi connectivity index (χ3n) is 3.13. The summed E-state index contributed by atoms with van der Waals surface area (Å²) in [5, 5.41) is 9.52. The van der Waals surface area contributed by atoms with Gasteiger partial charge < -0.3 is 10.8 Å². The van der Waals surface area contributed by atoms with Gasteiger partial charge in [0, 0.05) is 11.6 Å². The molecule has 0 saturated heterocycles. The van der Waals surface area contributed by atoms with E-state index in [0.29, 0.717) is 5.75 Å². The molecule has 0 aliphatic rings. The monoisotopic (exact) mass is 227 g/mol. The smallest absolute Gasteiger partial charge is 0.118 e. The first kappa shape index (κ1) is 11.5. The van der Waals surface area contributed by atoms with Gasteiger partial charge >= 0.3 is 0 Å². The second kappa shape index (κ2) is 4.50. The average Bonchev–Trinajstić information content (AvgIpc) is 2.32. The Morgan fingerprint density at radius 3 is 2.41 bits per heavy atom. The van der Waals surface area contributed by atoms with Crippen molar-refractivity contribution in [2.24, 2.45) is 0 Å². The number of phenolic OH excluding ortho intramolecular Hbond substituents is 1. The SMILES string of the molecule is Cc1cc(C(C)c2cccc(N)c2)ccc1O. The second-order valence-electron chi connectivity index (χ2n) is 4.44. The van der Waals surface area contributed by atoms with Crippen molar-refractivity contribution in [3.05, 3.63) is 59.2 Å². The quantitative estimate of drug-likeness (QED) is 0.772. The van der Waals surface area contributed by atoms with Crippen LogP contribution in [0.4, 0.5) is 5.69 Å². The summed E-state index contributed by atoms with van der Waals surface area (Å²) in [4.78, 5) is 0. The molecule has 0 saturated carbocycles. The van der Waals surface area contributed by atoms with E-state index in [4.69, 9.17) is 5.73 Å². The molecule has 2 nitrogen and oxygen atoms in total. The Bertz CT molecular complexity index is 534. The van der Waals surface area contributed by atoms with Crippen LogP contribution >= 0.6 is 0 Å². The molecule has 0 aliphatic heterocycles. The normalized spacial score (nSPS) is 12.4. The van der Waals surface area contributed by atoms with Gasteiger partial charge in [-0.3, -0.25) is 0 Å². The van der Waals surface area contributed by atoms with Crippen LogP contribution in [0.3, 0.4) is 0 Å². The number of aromatic hydroxyl groups is 1. The van der Waals surface area contributed by atoms with Crippen LogP contribution < -0.4 is 5.73 Å². The lowest BCUT2D eigenvalue weighted by Crippen LogP contribution is -1.97. The molecular formula is C15H17NO. The lowest BCUT2D eigenvalue weighted by molar-refractivity contribution is 0.471. The summed E-state index contributed by atoms with van der Waals surface area (Å²) in [6.45, 7) is 4.05. The third-order valence-corrected chi connectivity index (χ3v) is 3.13. The van der Waals surface area contributed by atoms with Crippen molar-refractivity contribution in [1.82, 2.24) is 0 Å². The maximum Gasteiger partial charge on any atom is 0.118 e. The second-order valence-corrected chi connectivity index (χ2v) is 4.44. The van der Waals surface area contributed by atoms with E-state index in [1.165, 1.54) is 11.1 Å². The predicted octanol–water partition coefficient (Wildman–Crippen LogP) is 3.43. The number of benzene rings is 2. The van der Waals surface area contributed by atoms with Crippen molar-refractivity contribution < 1.29 is 5.11 Å². The first-order chi connectivity index (χ1) is 8.08. The van der Waals surface area contributed by atoms with E-state index in [-0.39, 0.29) is 5.92 Å². The number of aryl methyl sites for hydroxylation is 1. The van der Waals surface area contributed by atoms with Gasteiger partial charge in [0.2, 0.25) is 0 Å². The zero-order valence-electron chi connectivity index (χ0n) is 10.1. The lowest BCUT2D eigenvalue weighted by atomic mass is 9.92. The highest BCUT2D eigenvalue weighted by molar-refractivity contribution is 5.45. The minimum atomic E-state index is 0.276. The fourth-order valence-electron chi connectivity index (χ4n) is 1.97. The Hall–Kier alpha value is -1.96. The Kier molecular flexibility index (Phi) is 3.05. The molecule has 0 radical (unpaired) electrons. The molecule has 2 heteroatoms. The van der Waals surface area contributed by atoms with E-state index >= 15 is 0 Å². The topological polar surface area (TPSA) is 46.2 Å². The van der Waals surface area contributed by atoms with Crippen molar-refractivity contribution in [3.63, 3.8) is 0 Å². The minimum Gasteiger partial charge on any atom is -0.508 e. The molecule has 17 heavy (non-hydrogen) atoms. The van der Waals surface area contributed by atoms with Gasteiger partial charge in [-0.1, -0.05) is 31.2 Å². The van der Waals surface area contributed by atoms with Gasteiger partial charge in [-0.25, -0.2) is 0 Å². The standard InChI is InChI=1S/C15H17NO/c1-10-8-13(6-7-15(10)17)11(2)12-4-3-5-14(16)9-12/h3-9,11,17H,16H2,1-2H3. The summed E-state index contributed by atoms with van der Waals surface area (Å²) in [6.07, 6.45) is 0. The van der Waals surface area contributed by atoms with Gasteiger partial charge in [0.15, 0.2) is 0 Å². The Balaban J connectivity index is 2.36. The Morgan fingerprint density at radius 1 is 1.06 bits per heavy atom. The van der Waals surface area contributed by atoms with E-state index in [9.17, 15) is 5.11 Å². The molecule has 2 rings (SSSR count). The van der Waals surface area contributed by atoms with Crippen LogP contribution in [0.2, 0.25) is 0 Å². The van der Waals surface area contributed by atoms with Crippen molar-refractivity contribution in [3.8, 4) is 5.75 Å². The molecule has 2 aromatic rings. The number of nitrogens with two attached hydrogens (primary N) is 1. The van der Waals surface area contributed by atoms with Crippen molar-refractivity contribution in [2.45, 2.75) is 19.8 Å². The van der Waals surface area contributed by atoms with E-state index < -0.39 is 0 Å². The van der Waals surface area contributed by atoms with Crippen LogP contribution in [0.5, 0.6) is 5.75 Å². The molecule has 0 aliphatic carbocycles. The average molecular weight is 227 g/mol. The number of nitrogen functional groups attached to an aromatic ring is 1. The first-order valence-electron chi connectivity index (χ1n) is 5.73. The summed E-state index contributed by atoms with van der Waals surface area (Å²) < 4.78 is 0. The molecule has 0 spiro atoms. The summed E-state index contributed by atoms with van der Waals surface area (Å²) in [5.74, 6) is 0.617. The zero-order valence-corrected chi connectivity index (χ0v) is 10.1. The van der Waals surface area contributed by atoms with Crippen LogP contribution in [-0.4, -0.2) is 5.11 Å².